The maximum atomic E-state index is 8.85. The van der Waals surface area contributed by atoms with Crippen molar-refractivity contribution in [3.8, 4) is 6.07 Å². The van der Waals surface area contributed by atoms with Crippen molar-refractivity contribution in [2.24, 2.45) is 0 Å². The lowest BCUT2D eigenvalue weighted by Crippen LogP contribution is -2.27. The van der Waals surface area contributed by atoms with E-state index < -0.39 is 0 Å². The molecule has 0 aromatic heterocycles. The Kier molecular flexibility index (Phi) is 6.90. The molecule has 0 heterocycles. The largest absolute Gasteiger partial charge is 0.385 e. The Morgan fingerprint density at radius 1 is 1.37 bits per heavy atom. The molecule has 0 unspecified atom stereocenters. The van der Waals surface area contributed by atoms with Gasteiger partial charge in [0.05, 0.1) is 5.56 Å². The first kappa shape index (κ1) is 16.0. The molecule has 0 bridgehead atoms. The van der Waals surface area contributed by atoms with E-state index in [1.54, 1.807) is 0 Å². The van der Waals surface area contributed by atoms with E-state index in [0.717, 1.165) is 29.7 Å². The fourth-order valence-corrected chi connectivity index (χ4v) is 2.16. The Labute approximate surface area is 124 Å². The number of hydrogen-bond donors (Lipinski definition) is 1. The number of halogens is 1. The maximum absolute atomic E-state index is 8.85. The Balaban J connectivity index is 2.27. The van der Waals surface area contributed by atoms with Crippen LogP contribution >= 0.6 is 15.9 Å². The summed E-state index contributed by atoms with van der Waals surface area (Å²) in [6, 6.07) is 8.49. The van der Waals surface area contributed by atoms with Crippen LogP contribution in [0.2, 0.25) is 0 Å². The summed E-state index contributed by atoms with van der Waals surface area (Å²) in [6.07, 6.45) is 2.34. The number of anilines is 1. The van der Waals surface area contributed by atoms with Gasteiger partial charge in [0, 0.05) is 22.7 Å². The van der Waals surface area contributed by atoms with Crippen LogP contribution in [-0.2, 0) is 0 Å². The van der Waals surface area contributed by atoms with Crippen LogP contribution in [0, 0.1) is 11.3 Å². The zero-order valence-corrected chi connectivity index (χ0v) is 13.5. The quantitative estimate of drug-likeness (QED) is 0.774. The van der Waals surface area contributed by atoms with E-state index in [0.29, 0.717) is 11.6 Å². The highest BCUT2D eigenvalue weighted by Gasteiger charge is 2.02. The van der Waals surface area contributed by atoms with E-state index in [1.165, 1.54) is 6.42 Å². The number of unbranched alkanes of at least 4 members (excludes halogenated alkanes) is 1. The summed E-state index contributed by atoms with van der Waals surface area (Å²) in [5.41, 5.74) is 1.73. The summed E-state index contributed by atoms with van der Waals surface area (Å²) in [5, 5.41) is 12.2. The third kappa shape index (κ3) is 5.63. The standard InChI is InChI=1S/C15H22BrN3/c1-12(2)19(3)9-5-4-8-18-14-7-6-13(11-17)15(16)10-14/h6-7,10,12,18H,4-5,8-9H2,1-3H3. The first-order valence-electron chi connectivity index (χ1n) is 6.68. The van der Waals surface area contributed by atoms with Crippen LogP contribution in [-0.4, -0.2) is 31.1 Å². The van der Waals surface area contributed by atoms with Crippen molar-refractivity contribution in [1.29, 1.82) is 5.26 Å². The third-order valence-electron chi connectivity index (χ3n) is 3.24. The Bertz CT molecular complexity index is 438. The molecule has 0 aliphatic heterocycles. The molecule has 19 heavy (non-hydrogen) atoms. The second-order valence-corrected chi connectivity index (χ2v) is 5.87. The number of rotatable bonds is 7. The number of nitriles is 1. The summed E-state index contributed by atoms with van der Waals surface area (Å²) >= 11 is 3.40. The van der Waals surface area contributed by atoms with E-state index in [9.17, 15) is 0 Å². The smallest absolute Gasteiger partial charge is 0.100 e. The fourth-order valence-electron chi connectivity index (χ4n) is 1.69. The Morgan fingerprint density at radius 2 is 2.11 bits per heavy atom. The zero-order valence-electron chi connectivity index (χ0n) is 11.9. The number of benzene rings is 1. The molecule has 0 atom stereocenters. The van der Waals surface area contributed by atoms with Crippen molar-refractivity contribution in [1.82, 2.24) is 4.90 Å². The summed E-state index contributed by atoms with van der Waals surface area (Å²) in [7, 11) is 2.16. The van der Waals surface area contributed by atoms with Gasteiger partial charge >= 0.3 is 0 Å². The molecule has 0 saturated heterocycles. The van der Waals surface area contributed by atoms with Crippen LogP contribution in [0.1, 0.15) is 32.3 Å². The van der Waals surface area contributed by atoms with E-state index in [-0.39, 0.29) is 0 Å². The maximum Gasteiger partial charge on any atom is 0.100 e. The second kappa shape index (κ2) is 8.19. The lowest BCUT2D eigenvalue weighted by atomic mass is 10.2. The molecular formula is C15H22BrN3. The number of nitrogens with zero attached hydrogens (tertiary/aromatic N) is 2. The molecule has 0 spiro atoms. The van der Waals surface area contributed by atoms with Crippen molar-refractivity contribution >= 4 is 21.6 Å². The van der Waals surface area contributed by atoms with Gasteiger partial charge in [-0.3, -0.25) is 0 Å². The van der Waals surface area contributed by atoms with Gasteiger partial charge in [-0.15, -0.1) is 0 Å². The van der Waals surface area contributed by atoms with Crippen molar-refractivity contribution in [3.63, 3.8) is 0 Å². The highest BCUT2D eigenvalue weighted by Crippen LogP contribution is 2.20. The van der Waals surface area contributed by atoms with Crippen molar-refractivity contribution < 1.29 is 0 Å². The first-order chi connectivity index (χ1) is 9.04. The molecule has 1 aromatic carbocycles. The summed E-state index contributed by atoms with van der Waals surface area (Å²) < 4.78 is 0.847. The van der Waals surface area contributed by atoms with Gasteiger partial charge in [-0.2, -0.15) is 5.26 Å². The van der Waals surface area contributed by atoms with Crippen LogP contribution in [0.3, 0.4) is 0 Å². The van der Waals surface area contributed by atoms with E-state index in [1.807, 2.05) is 18.2 Å². The van der Waals surface area contributed by atoms with Gasteiger partial charge in [0.25, 0.3) is 0 Å². The first-order valence-corrected chi connectivity index (χ1v) is 7.47. The van der Waals surface area contributed by atoms with E-state index >= 15 is 0 Å². The molecular weight excluding hydrogens is 302 g/mol. The second-order valence-electron chi connectivity index (χ2n) is 5.01. The minimum absolute atomic E-state index is 0.613. The number of hydrogen-bond acceptors (Lipinski definition) is 3. The van der Waals surface area contributed by atoms with Gasteiger partial charge in [0.1, 0.15) is 6.07 Å². The average Bonchev–Trinajstić information content (AvgIpc) is 2.38. The predicted molar refractivity (Wildman–Crippen MR) is 84.3 cm³/mol. The molecule has 0 radical (unpaired) electrons. The monoisotopic (exact) mass is 323 g/mol. The van der Waals surface area contributed by atoms with Crippen LogP contribution < -0.4 is 5.32 Å². The summed E-state index contributed by atoms with van der Waals surface area (Å²) in [6.45, 7) is 6.53. The predicted octanol–water partition coefficient (Wildman–Crippen LogP) is 3.85. The highest BCUT2D eigenvalue weighted by molar-refractivity contribution is 9.10. The van der Waals surface area contributed by atoms with Crippen molar-refractivity contribution in [3.05, 3.63) is 28.2 Å². The van der Waals surface area contributed by atoms with Crippen molar-refractivity contribution in [2.45, 2.75) is 32.7 Å². The summed E-state index contributed by atoms with van der Waals surface area (Å²) in [5.74, 6) is 0. The lowest BCUT2D eigenvalue weighted by Gasteiger charge is -2.20. The zero-order chi connectivity index (χ0) is 14.3. The van der Waals surface area contributed by atoms with Gasteiger partial charge in [-0.25, -0.2) is 0 Å². The van der Waals surface area contributed by atoms with Crippen LogP contribution in [0.5, 0.6) is 0 Å². The molecule has 1 aromatic rings. The van der Waals surface area contributed by atoms with Crippen LogP contribution in [0.4, 0.5) is 5.69 Å². The van der Waals surface area contributed by atoms with E-state index in [2.05, 4.69) is 53.1 Å². The minimum Gasteiger partial charge on any atom is -0.385 e. The van der Waals surface area contributed by atoms with Crippen molar-refractivity contribution in [2.75, 3.05) is 25.5 Å². The van der Waals surface area contributed by atoms with Gasteiger partial charge in [-0.1, -0.05) is 0 Å². The molecule has 0 aliphatic carbocycles. The van der Waals surface area contributed by atoms with Gasteiger partial charge in [0.15, 0.2) is 0 Å². The van der Waals surface area contributed by atoms with Gasteiger partial charge in [-0.05, 0) is 74.4 Å². The molecule has 1 N–H and O–H groups in total. The van der Waals surface area contributed by atoms with Gasteiger partial charge in [0.2, 0.25) is 0 Å². The Morgan fingerprint density at radius 3 is 2.68 bits per heavy atom. The molecule has 4 heteroatoms. The number of nitrogens with one attached hydrogen (secondary N) is 1. The molecule has 0 aliphatic rings. The molecule has 0 saturated carbocycles. The third-order valence-corrected chi connectivity index (χ3v) is 3.89. The topological polar surface area (TPSA) is 39.1 Å². The van der Waals surface area contributed by atoms with Gasteiger partial charge < -0.3 is 10.2 Å². The van der Waals surface area contributed by atoms with E-state index in [4.69, 9.17) is 5.26 Å². The normalized spacial score (nSPS) is 10.8. The fraction of sp³-hybridized carbons (Fsp3) is 0.533. The van der Waals surface area contributed by atoms with Crippen LogP contribution in [0.15, 0.2) is 22.7 Å². The highest BCUT2D eigenvalue weighted by atomic mass is 79.9. The summed E-state index contributed by atoms with van der Waals surface area (Å²) in [4.78, 5) is 2.36. The molecule has 0 fully saturated rings. The van der Waals surface area contributed by atoms with Crippen LogP contribution in [0.25, 0.3) is 0 Å². The SMILES string of the molecule is CC(C)N(C)CCCCNc1ccc(C#N)c(Br)c1. The molecule has 0 amide bonds. The Hall–Kier alpha value is -1.05. The molecule has 3 nitrogen and oxygen atoms in total. The molecule has 104 valence electrons. The average molecular weight is 324 g/mol. The molecule has 1 rings (SSSR count). The minimum atomic E-state index is 0.613. The lowest BCUT2D eigenvalue weighted by molar-refractivity contribution is 0.269.